The van der Waals surface area contributed by atoms with Gasteiger partial charge in [-0.2, -0.15) is 0 Å². The predicted molar refractivity (Wildman–Crippen MR) is 56.7 cm³/mol. The molecule has 1 heterocycles. The van der Waals surface area contributed by atoms with Crippen LogP contribution in [0.25, 0.3) is 0 Å². The maximum absolute atomic E-state index is 5.81. The van der Waals surface area contributed by atoms with Gasteiger partial charge in [-0.15, -0.1) is 0 Å². The van der Waals surface area contributed by atoms with Crippen LogP contribution in [-0.4, -0.2) is 11.1 Å². The predicted octanol–water partition coefficient (Wildman–Crippen LogP) is 3.45. The molecule has 0 atom stereocenters. The lowest BCUT2D eigenvalue weighted by atomic mass is 9.98. The van der Waals surface area contributed by atoms with Crippen molar-refractivity contribution >= 4 is 11.6 Å². The molecule has 1 saturated carbocycles. The highest BCUT2D eigenvalue weighted by Gasteiger charge is 2.14. The minimum absolute atomic E-state index is 0.377. The van der Waals surface area contributed by atoms with Crippen molar-refractivity contribution in [2.75, 3.05) is 0 Å². The highest BCUT2D eigenvalue weighted by atomic mass is 35.5. The summed E-state index contributed by atoms with van der Waals surface area (Å²) in [5, 5.41) is 0.498. The van der Waals surface area contributed by atoms with Crippen LogP contribution in [0.15, 0.2) is 18.3 Å². The molecule has 0 amide bonds. The number of ether oxygens (including phenoxy) is 1. The summed E-state index contributed by atoms with van der Waals surface area (Å²) in [7, 11) is 0. The summed E-state index contributed by atoms with van der Waals surface area (Å²) in [6, 6.07) is 3.64. The van der Waals surface area contributed by atoms with Crippen LogP contribution < -0.4 is 4.74 Å². The quantitative estimate of drug-likeness (QED) is 0.700. The van der Waals surface area contributed by atoms with Crippen molar-refractivity contribution in [2.24, 2.45) is 0 Å². The zero-order valence-corrected chi connectivity index (χ0v) is 8.83. The molecule has 0 spiro atoms. The molecular formula is C11H14ClNO. The summed E-state index contributed by atoms with van der Waals surface area (Å²) in [4.78, 5) is 3.92. The SMILES string of the molecule is Clc1cc(OC2CCCCC2)ccn1. The fraction of sp³-hybridized carbons (Fsp3) is 0.545. The summed E-state index contributed by atoms with van der Waals surface area (Å²) in [5.41, 5.74) is 0. The van der Waals surface area contributed by atoms with E-state index in [9.17, 15) is 0 Å². The lowest BCUT2D eigenvalue weighted by Crippen LogP contribution is -2.19. The van der Waals surface area contributed by atoms with Crippen LogP contribution in [0, 0.1) is 0 Å². The lowest BCUT2D eigenvalue weighted by molar-refractivity contribution is 0.155. The molecule has 1 aromatic rings. The van der Waals surface area contributed by atoms with E-state index in [-0.39, 0.29) is 0 Å². The summed E-state index contributed by atoms with van der Waals surface area (Å²) >= 11 is 5.77. The zero-order valence-electron chi connectivity index (χ0n) is 8.08. The third kappa shape index (κ3) is 2.61. The second kappa shape index (κ2) is 4.65. The van der Waals surface area contributed by atoms with Gasteiger partial charge in [0.1, 0.15) is 10.9 Å². The third-order valence-corrected chi connectivity index (χ3v) is 2.76. The van der Waals surface area contributed by atoms with Crippen LogP contribution in [0.4, 0.5) is 0 Å². The van der Waals surface area contributed by atoms with Gasteiger partial charge in [-0.25, -0.2) is 4.98 Å². The van der Waals surface area contributed by atoms with E-state index >= 15 is 0 Å². The normalized spacial score (nSPS) is 18.1. The highest BCUT2D eigenvalue weighted by molar-refractivity contribution is 6.29. The maximum Gasteiger partial charge on any atom is 0.132 e. The summed E-state index contributed by atoms with van der Waals surface area (Å²) in [6.07, 6.45) is 8.30. The standard InChI is InChI=1S/C11H14ClNO/c12-11-8-10(6-7-13-11)14-9-4-2-1-3-5-9/h6-9H,1-5H2. The van der Waals surface area contributed by atoms with Gasteiger partial charge in [-0.1, -0.05) is 18.0 Å². The van der Waals surface area contributed by atoms with E-state index in [1.54, 1.807) is 12.3 Å². The van der Waals surface area contributed by atoms with E-state index in [4.69, 9.17) is 16.3 Å². The first kappa shape index (κ1) is 9.78. The smallest absolute Gasteiger partial charge is 0.132 e. The van der Waals surface area contributed by atoms with Gasteiger partial charge in [0.2, 0.25) is 0 Å². The summed E-state index contributed by atoms with van der Waals surface area (Å²) in [6.45, 7) is 0. The average Bonchev–Trinajstić information content (AvgIpc) is 2.19. The van der Waals surface area contributed by atoms with Crippen molar-refractivity contribution in [3.8, 4) is 5.75 Å². The fourth-order valence-electron chi connectivity index (χ4n) is 1.83. The molecular weight excluding hydrogens is 198 g/mol. The molecule has 0 N–H and O–H groups in total. The van der Waals surface area contributed by atoms with Gasteiger partial charge in [-0.05, 0) is 31.7 Å². The molecule has 76 valence electrons. The Hall–Kier alpha value is -0.760. The van der Waals surface area contributed by atoms with E-state index in [1.807, 2.05) is 6.07 Å². The summed E-state index contributed by atoms with van der Waals surface area (Å²) in [5.74, 6) is 0.844. The maximum atomic E-state index is 5.81. The molecule has 0 radical (unpaired) electrons. The molecule has 2 rings (SSSR count). The second-order valence-electron chi connectivity index (χ2n) is 3.69. The fourth-order valence-corrected chi connectivity index (χ4v) is 2.00. The second-order valence-corrected chi connectivity index (χ2v) is 4.08. The zero-order chi connectivity index (χ0) is 9.80. The molecule has 0 saturated heterocycles. The number of hydrogen-bond donors (Lipinski definition) is 0. The molecule has 0 bridgehead atoms. The van der Waals surface area contributed by atoms with Gasteiger partial charge < -0.3 is 4.74 Å². The van der Waals surface area contributed by atoms with Crippen molar-refractivity contribution in [1.29, 1.82) is 0 Å². The Balaban J connectivity index is 1.95. The van der Waals surface area contributed by atoms with Gasteiger partial charge in [0.15, 0.2) is 0 Å². The molecule has 0 aromatic carbocycles. The van der Waals surface area contributed by atoms with Crippen molar-refractivity contribution in [1.82, 2.24) is 4.98 Å². The molecule has 1 aromatic heterocycles. The Morgan fingerprint density at radius 3 is 2.79 bits per heavy atom. The molecule has 1 aliphatic carbocycles. The van der Waals surface area contributed by atoms with Crippen LogP contribution in [0.5, 0.6) is 5.75 Å². The minimum atomic E-state index is 0.377. The van der Waals surface area contributed by atoms with E-state index in [0.29, 0.717) is 11.3 Å². The number of halogens is 1. The van der Waals surface area contributed by atoms with Crippen molar-refractivity contribution in [3.05, 3.63) is 23.5 Å². The lowest BCUT2D eigenvalue weighted by Gasteiger charge is -2.22. The van der Waals surface area contributed by atoms with Crippen LogP contribution in [0.2, 0.25) is 5.15 Å². The number of rotatable bonds is 2. The number of aromatic nitrogens is 1. The monoisotopic (exact) mass is 211 g/mol. The first-order valence-corrected chi connectivity index (χ1v) is 5.50. The summed E-state index contributed by atoms with van der Waals surface area (Å²) < 4.78 is 5.81. The van der Waals surface area contributed by atoms with Gasteiger partial charge in [0.25, 0.3) is 0 Å². The molecule has 1 aliphatic rings. The topological polar surface area (TPSA) is 22.1 Å². The Morgan fingerprint density at radius 1 is 1.29 bits per heavy atom. The van der Waals surface area contributed by atoms with E-state index < -0.39 is 0 Å². The van der Waals surface area contributed by atoms with Gasteiger partial charge in [-0.3, -0.25) is 0 Å². The number of nitrogens with zero attached hydrogens (tertiary/aromatic N) is 1. The Morgan fingerprint density at radius 2 is 2.07 bits per heavy atom. The number of pyridine rings is 1. The first-order chi connectivity index (χ1) is 6.84. The first-order valence-electron chi connectivity index (χ1n) is 5.13. The van der Waals surface area contributed by atoms with Crippen LogP contribution in [-0.2, 0) is 0 Å². The third-order valence-electron chi connectivity index (χ3n) is 2.55. The van der Waals surface area contributed by atoms with Crippen molar-refractivity contribution in [2.45, 2.75) is 38.2 Å². The van der Waals surface area contributed by atoms with Crippen LogP contribution >= 0.6 is 11.6 Å². The van der Waals surface area contributed by atoms with E-state index in [1.165, 1.54) is 32.1 Å². The molecule has 2 nitrogen and oxygen atoms in total. The average molecular weight is 212 g/mol. The minimum Gasteiger partial charge on any atom is -0.490 e. The highest BCUT2D eigenvalue weighted by Crippen LogP contribution is 2.24. The van der Waals surface area contributed by atoms with Crippen LogP contribution in [0.3, 0.4) is 0 Å². The largest absolute Gasteiger partial charge is 0.490 e. The molecule has 0 aliphatic heterocycles. The molecule has 0 unspecified atom stereocenters. The van der Waals surface area contributed by atoms with Crippen molar-refractivity contribution in [3.63, 3.8) is 0 Å². The van der Waals surface area contributed by atoms with Gasteiger partial charge >= 0.3 is 0 Å². The Labute approximate surface area is 89.3 Å². The molecule has 1 fully saturated rings. The Bertz CT molecular complexity index is 297. The van der Waals surface area contributed by atoms with Gasteiger partial charge in [0.05, 0.1) is 6.10 Å². The van der Waals surface area contributed by atoms with Gasteiger partial charge in [0, 0.05) is 12.3 Å². The van der Waals surface area contributed by atoms with E-state index in [0.717, 1.165) is 5.75 Å². The molecule has 3 heteroatoms. The number of hydrogen-bond acceptors (Lipinski definition) is 2. The molecule has 14 heavy (non-hydrogen) atoms. The Kier molecular flexibility index (Phi) is 3.25. The van der Waals surface area contributed by atoms with Crippen LogP contribution in [0.1, 0.15) is 32.1 Å². The van der Waals surface area contributed by atoms with E-state index in [2.05, 4.69) is 4.98 Å². The van der Waals surface area contributed by atoms with Crippen molar-refractivity contribution < 1.29 is 4.74 Å².